The van der Waals surface area contributed by atoms with Gasteiger partial charge < -0.3 is 11.1 Å². The third-order valence-corrected chi connectivity index (χ3v) is 4.05. The summed E-state index contributed by atoms with van der Waals surface area (Å²) in [5, 5.41) is 11.5. The van der Waals surface area contributed by atoms with Gasteiger partial charge in [-0.15, -0.1) is 16.4 Å². The van der Waals surface area contributed by atoms with Crippen LogP contribution < -0.4 is 11.1 Å². The summed E-state index contributed by atoms with van der Waals surface area (Å²) in [4.78, 5) is 13.4. The monoisotopic (exact) mass is 264 g/mol. The highest BCUT2D eigenvalue weighted by molar-refractivity contribution is 7.21. The molecule has 0 fully saturated rings. The SMILES string of the molecule is CCC(CC)NC(=O)c1sc2nnccc2c1N. The van der Waals surface area contributed by atoms with E-state index in [0.29, 0.717) is 15.4 Å². The van der Waals surface area contributed by atoms with Crippen LogP contribution in [0, 0.1) is 0 Å². The first kappa shape index (κ1) is 12.8. The minimum absolute atomic E-state index is 0.121. The lowest BCUT2D eigenvalue weighted by Gasteiger charge is -2.13. The van der Waals surface area contributed by atoms with E-state index in [1.165, 1.54) is 11.3 Å². The number of thiophene rings is 1. The maximum absolute atomic E-state index is 12.1. The summed E-state index contributed by atoms with van der Waals surface area (Å²) in [6.07, 6.45) is 3.40. The number of nitrogens with two attached hydrogens (primary N) is 1. The van der Waals surface area contributed by atoms with Crippen molar-refractivity contribution in [2.24, 2.45) is 0 Å². The molecular formula is C12H16N4OS. The molecule has 0 spiro atoms. The van der Waals surface area contributed by atoms with Crippen molar-refractivity contribution in [2.45, 2.75) is 32.7 Å². The average molecular weight is 264 g/mol. The molecule has 0 aliphatic heterocycles. The second-order valence-electron chi connectivity index (χ2n) is 4.08. The highest BCUT2D eigenvalue weighted by atomic mass is 32.1. The minimum Gasteiger partial charge on any atom is -0.397 e. The molecule has 2 aromatic heterocycles. The number of amides is 1. The zero-order valence-electron chi connectivity index (χ0n) is 10.4. The first-order valence-electron chi connectivity index (χ1n) is 5.97. The highest BCUT2D eigenvalue weighted by Gasteiger charge is 2.18. The number of nitrogen functional groups attached to an aromatic ring is 1. The Balaban J connectivity index is 2.30. The summed E-state index contributed by atoms with van der Waals surface area (Å²) in [6.45, 7) is 4.10. The number of fused-ring (bicyclic) bond motifs is 1. The van der Waals surface area contributed by atoms with E-state index in [1.54, 1.807) is 12.3 Å². The van der Waals surface area contributed by atoms with E-state index in [9.17, 15) is 4.79 Å². The van der Waals surface area contributed by atoms with Crippen molar-refractivity contribution in [3.05, 3.63) is 17.1 Å². The van der Waals surface area contributed by atoms with Gasteiger partial charge in [0, 0.05) is 11.4 Å². The molecule has 0 aliphatic carbocycles. The molecule has 2 heterocycles. The summed E-state index contributed by atoms with van der Waals surface area (Å²) in [5.41, 5.74) is 6.47. The Morgan fingerprint density at radius 3 is 2.83 bits per heavy atom. The third-order valence-electron chi connectivity index (χ3n) is 2.95. The summed E-state index contributed by atoms with van der Waals surface area (Å²) in [7, 11) is 0. The Morgan fingerprint density at radius 1 is 1.50 bits per heavy atom. The second-order valence-corrected chi connectivity index (χ2v) is 5.08. The van der Waals surface area contributed by atoms with E-state index in [-0.39, 0.29) is 11.9 Å². The summed E-state index contributed by atoms with van der Waals surface area (Å²) < 4.78 is 0. The van der Waals surface area contributed by atoms with E-state index in [0.717, 1.165) is 18.2 Å². The van der Waals surface area contributed by atoms with Gasteiger partial charge in [0.25, 0.3) is 5.91 Å². The van der Waals surface area contributed by atoms with Gasteiger partial charge in [-0.2, -0.15) is 5.10 Å². The van der Waals surface area contributed by atoms with Crippen LogP contribution in [-0.4, -0.2) is 22.1 Å². The normalized spacial score (nSPS) is 11.1. The number of nitrogens with zero attached hydrogens (tertiary/aromatic N) is 2. The third kappa shape index (κ3) is 2.28. The van der Waals surface area contributed by atoms with Crippen molar-refractivity contribution in [1.82, 2.24) is 15.5 Å². The molecule has 0 radical (unpaired) electrons. The molecule has 1 amide bonds. The molecule has 0 bridgehead atoms. The maximum Gasteiger partial charge on any atom is 0.263 e. The largest absolute Gasteiger partial charge is 0.397 e. The number of carbonyl (C=O) groups excluding carboxylic acids is 1. The predicted molar refractivity (Wildman–Crippen MR) is 73.7 cm³/mol. The van der Waals surface area contributed by atoms with Crippen molar-refractivity contribution >= 4 is 33.1 Å². The maximum atomic E-state index is 12.1. The summed E-state index contributed by atoms with van der Waals surface area (Å²) in [6, 6.07) is 1.97. The molecule has 0 saturated carbocycles. The lowest BCUT2D eigenvalue weighted by Crippen LogP contribution is -2.33. The van der Waals surface area contributed by atoms with Gasteiger partial charge >= 0.3 is 0 Å². The number of hydrogen-bond donors (Lipinski definition) is 2. The van der Waals surface area contributed by atoms with E-state index >= 15 is 0 Å². The molecular weight excluding hydrogens is 248 g/mol. The first-order valence-corrected chi connectivity index (χ1v) is 6.79. The van der Waals surface area contributed by atoms with Gasteiger partial charge in [-0.3, -0.25) is 4.79 Å². The second kappa shape index (κ2) is 5.30. The quantitative estimate of drug-likeness (QED) is 0.887. The lowest BCUT2D eigenvalue weighted by molar-refractivity contribution is 0.0940. The van der Waals surface area contributed by atoms with Crippen LogP contribution in [0.15, 0.2) is 12.3 Å². The number of carbonyl (C=O) groups is 1. The van der Waals surface area contributed by atoms with Crippen molar-refractivity contribution in [3.8, 4) is 0 Å². The molecule has 2 aromatic rings. The molecule has 5 nitrogen and oxygen atoms in total. The Labute approximate surface area is 109 Å². The van der Waals surface area contributed by atoms with Crippen LogP contribution in [0.5, 0.6) is 0 Å². The predicted octanol–water partition coefficient (Wildman–Crippen LogP) is 2.19. The lowest BCUT2D eigenvalue weighted by atomic mass is 10.1. The van der Waals surface area contributed by atoms with Gasteiger partial charge in [0.1, 0.15) is 9.71 Å². The summed E-state index contributed by atoms with van der Waals surface area (Å²) >= 11 is 1.28. The van der Waals surface area contributed by atoms with Crippen molar-refractivity contribution in [1.29, 1.82) is 0 Å². The van der Waals surface area contributed by atoms with Crippen molar-refractivity contribution in [2.75, 3.05) is 5.73 Å². The van der Waals surface area contributed by atoms with Crippen LogP contribution >= 0.6 is 11.3 Å². The van der Waals surface area contributed by atoms with Crippen LogP contribution in [0.3, 0.4) is 0 Å². The fraction of sp³-hybridized carbons (Fsp3) is 0.417. The summed E-state index contributed by atoms with van der Waals surface area (Å²) in [5.74, 6) is -0.121. The molecule has 0 unspecified atom stereocenters. The Morgan fingerprint density at radius 2 is 2.22 bits per heavy atom. The van der Waals surface area contributed by atoms with Gasteiger partial charge in [-0.25, -0.2) is 0 Å². The Kier molecular flexibility index (Phi) is 3.76. The van der Waals surface area contributed by atoms with Crippen LogP contribution in [0.1, 0.15) is 36.4 Å². The molecule has 0 atom stereocenters. The fourth-order valence-electron chi connectivity index (χ4n) is 1.79. The molecule has 96 valence electrons. The van der Waals surface area contributed by atoms with Crippen LogP contribution in [0.2, 0.25) is 0 Å². The number of anilines is 1. The van der Waals surface area contributed by atoms with Crippen molar-refractivity contribution < 1.29 is 4.79 Å². The number of hydrogen-bond acceptors (Lipinski definition) is 5. The number of rotatable bonds is 4. The van der Waals surface area contributed by atoms with Gasteiger partial charge in [0.15, 0.2) is 0 Å². The molecule has 0 saturated heterocycles. The number of aromatic nitrogens is 2. The fourth-order valence-corrected chi connectivity index (χ4v) is 2.73. The van der Waals surface area contributed by atoms with Crippen LogP contribution in [-0.2, 0) is 0 Å². The molecule has 0 aromatic carbocycles. The van der Waals surface area contributed by atoms with E-state index in [2.05, 4.69) is 15.5 Å². The molecule has 18 heavy (non-hydrogen) atoms. The standard InChI is InChI=1S/C12H16N4OS/c1-3-7(4-2)15-11(17)10-9(13)8-5-6-14-16-12(8)18-10/h5-7H,3-4,13H2,1-2H3,(H,15,17). The van der Waals surface area contributed by atoms with Gasteiger partial charge in [-0.05, 0) is 18.9 Å². The van der Waals surface area contributed by atoms with E-state index in [1.807, 2.05) is 13.8 Å². The first-order chi connectivity index (χ1) is 8.67. The molecule has 2 rings (SSSR count). The average Bonchev–Trinajstić information content (AvgIpc) is 2.74. The van der Waals surface area contributed by atoms with Gasteiger partial charge in [0.05, 0.1) is 11.9 Å². The van der Waals surface area contributed by atoms with Crippen molar-refractivity contribution in [3.63, 3.8) is 0 Å². The van der Waals surface area contributed by atoms with Crippen LogP contribution in [0.4, 0.5) is 5.69 Å². The van der Waals surface area contributed by atoms with Crippen LogP contribution in [0.25, 0.3) is 10.2 Å². The van der Waals surface area contributed by atoms with Gasteiger partial charge in [-0.1, -0.05) is 13.8 Å². The number of nitrogens with one attached hydrogen (secondary N) is 1. The highest BCUT2D eigenvalue weighted by Crippen LogP contribution is 2.31. The zero-order chi connectivity index (χ0) is 13.1. The molecule has 6 heteroatoms. The molecule has 3 N–H and O–H groups in total. The zero-order valence-corrected chi connectivity index (χ0v) is 11.3. The smallest absolute Gasteiger partial charge is 0.263 e. The Bertz CT molecular complexity index is 562. The van der Waals surface area contributed by atoms with Gasteiger partial charge in [0.2, 0.25) is 0 Å². The Hall–Kier alpha value is -1.69. The minimum atomic E-state index is -0.121. The molecule has 0 aliphatic rings. The van der Waals surface area contributed by atoms with E-state index in [4.69, 9.17) is 5.73 Å². The van der Waals surface area contributed by atoms with E-state index < -0.39 is 0 Å². The topological polar surface area (TPSA) is 80.9 Å².